The lowest BCUT2D eigenvalue weighted by atomic mass is 10.1. The van der Waals surface area contributed by atoms with Gasteiger partial charge in [-0.3, -0.25) is 4.79 Å². The summed E-state index contributed by atoms with van der Waals surface area (Å²) >= 11 is 6.72. The number of benzene rings is 1. The van der Waals surface area contributed by atoms with E-state index in [1.807, 2.05) is 12.1 Å². The topological polar surface area (TPSA) is 20.3 Å². The zero-order valence-electron chi connectivity index (χ0n) is 11.9. The molecule has 0 spiro atoms. The van der Waals surface area contributed by atoms with Crippen LogP contribution in [0, 0.1) is 0 Å². The summed E-state index contributed by atoms with van der Waals surface area (Å²) in [6.07, 6.45) is 4.50. The van der Waals surface area contributed by atoms with Gasteiger partial charge in [0.15, 0.2) is 5.78 Å². The van der Waals surface area contributed by atoms with Crippen molar-refractivity contribution in [2.24, 2.45) is 0 Å². The van der Waals surface area contributed by atoms with Gasteiger partial charge in [0.2, 0.25) is 0 Å². The van der Waals surface area contributed by atoms with Gasteiger partial charge in [0.1, 0.15) is 0 Å². The average Bonchev–Trinajstić information content (AvgIpc) is 2.99. The van der Waals surface area contributed by atoms with Crippen LogP contribution in [-0.2, 0) is 0 Å². The Morgan fingerprint density at radius 3 is 2.50 bits per heavy atom. The maximum Gasteiger partial charge on any atom is 0.173 e. The van der Waals surface area contributed by atoms with Crippen molar-refractivity contribution in [2.45, 2.75) is 32.6 Å². The first-order valence-electron chi connectivity index (χ1n) is 7.24. The highest BCUT2D eigenvalue weighted by molar-refractivity contribution is 8.23. The fraction of sp³-hybridized carbons (Fsp3) is 0.500. The van der Waals surface area contributed by atoms with Crippen molar-refractivity contribution in [3.8, 4) is 0 Å². The van der Waals surface area contributed by atoms with Crippen LogP contribution in [-0.4, -0.2) is 28.8 Å². The standard InChI is InChI=1S/C16H21NOS2/c1-2-5-16(19)20-12-15(18)13-6-8-14(9-7-13)17-10-3-4-11-17/h6-9H,2-5,10-12H2,1H3. The molecule has 0 saturated carbocycles. The minimum Gasteiger partial charge on any atom is -0.372 e. The fourth-order valence-corrected chi connectivity index (χ4v) is 3.53. The first-order valence-corrected chi connectivity index (χ1v) is 8.64. The molecule has 0 aliphatic carbocycles. The third kappa shape index (κ3) is 4.32. The maximum atomic E-state index is 12.1. The normalized spacial score (nSPS) is 14.6. The number of carbonyl (C=O) groups is 1. The number of hydrogen-bond donors (Lipinski definition) is 0. The average molecular weight is 307 g/mol. The molecule has 1 aliphatic rings. The largest absolute Gasteiger partial charge is 0.372 e. The molecule has 4 heteroatoms. The zero-order valence-corrected chi connectivity index (χ0v) is 13.6. The number of hydrogen-bond acceptors (Lipinski definition) is 4. The van der Waals surface area contributed by atoms with Crippen LogP contribution >= 0.6 is 24.0 Å². The predicted molar refractivity (Wildman–Crippen MR) is 92.2 cm³/mol. The first-order chi connectivity index (χ1) is 9.70. The van der Waals surface area contributed by atoms with Gasteiger partial charge in [0.25, 0.3) is 0 Å². The van der Waals surface area contributed by atoms with Crippen LogP contribution < -0.4 is 4.90 Å². The summed E-state index contributed by atoms with van der Waals surface area (Å²) in [5.74, 6) is 0.628. The van der Waals surface area contributed by atoms with Gasteiger partial charge in [-0.2, -0.15) is 0 Å². The number of Topliss-reactive ketones (excluding diaryl/α,β-unsaturated/α-hetero) is 1. The van der Waals surface area contributed by atoms with E-state index in [4.69, 9.17) is 12.2 Å². The van der Waals surface area contributed by atoms with Gasteiger partial charge in [-0.25, -0.2) is 0 Å². The minimum absolute atomic E-state index is 0.168. The van der Waals surface area contributed by atoms with Gasteiger partial charge in [0, 0.05) is 28.5 Å². The van der Waals surface area contributed by atoms with Crippen LogP contribution in [0.4, 0.5) is 5.69 Å². The Kier molecular flexibility index (Phi) is 6.05. The van der Waals surface area contributed by atoms with Crippen LogP contribution in [0.3, 0.4) is 0 Å². The number of nitrogens with zero attached hydrogens (tertiary/aromatic N) is 1. The minimum atomic E-state index is 0.168. The van der Waals surface area contributed by atoms with E-state index in [9.17, 15) is 4.79 Å². The Balaban J connectivity index is 1.88. The number of thiocarbonyl (C=S) groups is 1. The SMILES string of the molecule is CCCC(=S)SCC(=O)c1ccc(N2CCCC2)cc1. The number of anilines is 1. The molecule has 1 aliphatic heterocycles. The fourth-order valence-electron chi connectivity index (χ4n) is 2.34. The van der Waals surface area contributed by atoms with Crippen molar-refractivity contribution in [1.29, 1.82) is 0 Å². The summed E-state index contributed by atoms with van der Waals surface area (Å²) in [5.41, 5.74) is 2.02. The van der Waals surface area contributed by atoms with Gasteiger partial charge in [-0.05, 0) is 43.5 Å². The van der Waals surface area contributed by atoms with E-state index in [1.54, 1.807) is 0 Å². The number of thioether (sulfide) groups is 1. The second-order valence-electron chi connectivity index (χ2n) is 5.07. The summed E-state index contributed by atoms with van der Waals surface area (Å²) in [4.78, 5) is 14.5. The number of rotatable bonds is 6. The smallest absolute Gasteiger partial charge is 0.173 e. The summed E-state index contributed by atoms with van der Waals surface area (Å²) in [5, 5.41) is 0. The van der Waals surface area contributed by atoms with Crippen molar-refractivity contribution in [3.05, 3.63) is 29.8 Å². The molecular weight excluding hydrogens is 286 g/mol. The molecule has 0 N–H and O–H groups in total. The van der Waals surface area contributed by atoms with E-state index >= 15 is 0 Å². The summed E-state index contributed by atoms with van der Waals surface area (Å²) in [6, 6.07) is 8.01. The molecule has 1 heterocycles. The molecule has 1 aromatic rings. The van der Waals surface area contributed by atoms with Gasteiger partial charge < -0.3 is 4.90 Å². The highest BCUT2D eigenvalue weighted by atomic mass is 32.2. The number of carbonyl (C=O) groups excluding carboxylic acids is 1. The summed E-state index contributed by atoms with van der Waals surface area (Å²) in [6.45, 7) is 4.37. The highest BCUT2D eigenvalue weighted by Crippen LogP contribution is 2.21. The third-order valence-electron chi connectivity index (χ3n) is 3.48. The molecule has 0 amide bonds. The lowest BCUT2D eigenvalue weighted by Gasteiger charge is -2.17. The van der Waals surface area contributed by atoms with E-state index in [1.165, 1.54) is 30.3 Å². The molecule has 2 nitrogen and oxygen atoms in total. The molecule has 1 saturated heterocycles. The molecule has 0 radical (unpaired) electrons. The predicted octanol–water partition coefficient (Wildman–Crippen LogP) is 4.33. The molecule has 20 heavy (non-hydrogen) atoms. The van der Waals surface area contributed by atoms with Crippen molar-refractivity contribution >= 4 is 39.6 Å². The van der Waals surface area contributed by atoms with Crippen LogP contribution in [0.15, 0.2) is 24.3 Å². The van der Waals surface area contributed by atoms with Gasteiger partial charge in [0.05, 0.1) is 5.75 Å². The Labute approximate surface area is 130 Å². The van der Waals surface area contributed by atoms with Crippen LogP contribution in [0.2, 0.25) is 0 Å². The molecule has 0 bridgehead atoms. The van der Waals surface area contributed by atoms with E-state index in [0.717, 1.165) is 35.7 Å². The highest BCUT2D eigenvalue weighted by Gasteiger charge is 2.13. The quantitative estimate of drug-likeness (QED) is 0.575. The summed E-state index contributed by atoms with van der Waals surface area (Å²) < 4.78 is 0.939. The van der Waals surface area contributed by atoms with E-state index < -0.39 is 0 Å². The third-order valence-corrected chi connectivity index (χ3v) is 4.97. The molecule has 108 valence electrons. The van der Waals surface area contributed by atoms with Gasteiger partial charge in [-0.15, -0.1) is 11.8 Å². The zero-order chi connectivity index (χ0) is 14.4. The van der Waals surface area contributed by atoms with Crippen molar-refractivity contribution in [3.63, 3.8) is 0 Å². The van der Waals surface area contributed by atoms with Crippen molar-refractivity contribution in [1.82, 2.24) is 0 Å². The second kappa shape index (κ2) is 7.79. The van der Waals surface area contributed by atoms with Gasteiger partial charge >= 0.3 is 0 Å². The second-order valence-corrected chi connectivity index (χ2v) is 6.90. The Morgan fingerprint density at radius 2 is 1.90 bits per heavy atom. The Bertz CT molecular complexity index is 464. The summed E-state index contributed by atoms with van der Waals surface area (Å²) in [7, 11) is 0. The van der Waals surface area contributed by atoms with Crippen molar-refractivity contribution in [2.75, 3.05) is 23.7 Å². The molecule has 1 aromatic carbocycles. The van der Waals surface area contributed by atoms with Crippen molar-refractivity contribution < 1.29 is 4.79 Å². The molecular formula is C16H21NOS2. The Hall–Kier alpha value is -0.870. The molecule has 2 rings (SSSR count). The van der Waals surface area contributed by atoms with Crippen LogP contribution in [0.1, 0.15) is 43.0 Å². The molecule has 0 unspecified atom stereocenters. The Morgan fingerprint density at radius 1 is 1.25 bits per heavy atom. The molecule has 0 atom stereocenters. The molecule has 0 aromatic heterocycles. The monoisotopic (exact) mass is 307 g/mol. The first kappa shape index (κ1) is 15.5. The van der Waals surface area contributed by atoms with E-state index in [0.29, 0.717) is 5.75 Å². The molecule has 1 fully saturated rings. The van der Waals surface area contributed by atoms with Gasteiger partial charge in [-0.1, -0.05) is 25.6 Å². The maximum absolute atomic E-state index is 12.1. The lowest BCUT2D eigenvalue weighted by molar-refractivity contribution is 0.102. The lowest BCUT2D eigenvalue weighted by Crippen LogP contribution is -2.17. The van der Waals surface area contributed by atoms with E-state index in [-0.39, 0.29) is 5.78 Å². The number of ketones is 1. The van der Waals surface area contributed by atoms with Crippen LogP contribution in [0.5, 0.6) is 0 Å². The van der Waals surface area contributed by atoms with E-state index in [2.05, 4.69) is 24.0 Å². The van der Waals surface area contributed by atoms with Crippen LogP contribution in [0.25, 0.3) is 0 Å².